The molecule has 0 spiro atoms. The third-order valence-electron chi connectivity index (χ3n) is 2.53. The predicted octanol–water partition coefficient (Wildman–Crippen LogP) is 7.81. The monoisotopic (exact) mass is 341 g/mol. The summed E-state index contributed by atoms with van der Waals surface area (Å²) >= 11 is 3.64. The molecule has 0 aliphatic carbocycles. The fourth-order valence-electron chi connectivity index (χ4n) is 1.40. The largest absolute Gasteiger partial charge is 0.250 e. The van der Waals surface area contributed by atoms with Crippen molar-refractivity contribution in [2.45, 2.75) is 81.1 Å². The lowest BCUT2D eigenvalue weighted by Gasteiger charge is -1.96. The molecule has 2 aromatic heterocycles. The van der Waals surface area contributed by atoms with Gasteiger partial charge in [0.1, 0.15) is 0 Å². The molecule has 0 saturated heterocycles. The van der Waals surface area contributed by atoms with Crippen LogP contribution in [0.5, 0.6) is 0 Å². The lowest BCUT2D eigenvalue weighted by molar-refractivity contribution is 0.885. The molecule has 0 unspecified atom stereocenters. The molecule has 22 heavy (non-hydrogen) atoms. The first-order valence-electron chi connectivity index (χ1n) is 8.37. The standard InChI is InChI=1S/C8H12S.C7H11NS.2C2H6/c1-6(2)8-4-7(3)5-9-8;1-5(2)7-4-8-6(3)9-7;2*1-2/h4-6H,1-3H3;4-5H,1-3H3;2*1-2H3. The van der Waals surface area contributed by atoms with Crippen molar-refractivity contribution in [2.24, 2.45) is 0 Å². The van der Waals surface area contributed by atoms with Gasteiger partial charge in [0.05, 0.1) is 5.01 Å². The van der Waals surface area contributed by atoms with Gasteiger partial charge in [0, 0.05) is 16.0 Å². The van der Waals surface area contributed by atoms with Crippen LogP contribution in [0.3, 0.4) is 0 Å². The van der Waals surface area contributed by atoms with Crippen molar-refractivity contribution in [2.75, 3.05) is 0 Å². The second-order valence-corrected chi connectivity index (χ2v) is 7.33. The Morgan fingerprint density at radius 2 is 1.36 bits per heavy atom. The number of thiophene rings is 1. The first-order chi connectivity index (χ1) is 10.4. The molecule has 0 fully saturated rings. The normalized spacial score (nSPS) is 9.27. The number of hydrogen-bond acceptors (Lipinski definition) is 3. The molecule has 0 radical (unpaired) electrons. The average molecular weight is 342 g/mol. The van der Waals surface area contributed by atoms with Gasteiger partial charge in [-0.05, 0) is 42.7 Å². The molecular weight excluding hydrogens is 306 g/mol. The molecule has 0 saturated carbocycles. The van der Waals surface area contributed by atoms with Crippen LogP contribution in [0.25, 0.3) is 0 Å². The van der Waals surface area contributed by atoms with Gasteiger partial charge in [-0.25, -0.2) is 4.98 Å². The van der Waals surface area contributed by atoms with Gasteiger partial charge in [-0.1, -0.05) is 55.4 Å². The lowest BCUT2D eigenvalue weighted by Crippen LogP contribution is -1.77. The van der Waals surface area contributed by atoms with E-state index in [2.05, 4.69) is 51.0 Å². The minimum Gasteiger partial charge on any atom is -0.250 e. The Kier molecular flexibility index (Phi) is 15.0. The van der Waals surface area contributed by atoms with E-state index in [0.29, 0.717) is 11.8 Å². The second-order valence-electron chi connectivity index (χ2n) is 5.12. The summed E-state index contributed by atoms with van der Waals surface area (Å²) in [6.07, 6.45) is 1.96. The van der Waals surface area contributed by atoms with Gasteiger partial charge in [0.2, 0.25) is 0 Å². The number of aromatic nitrogens is 1. The highest BCUT2D eigenvalue weighted by Crippen LogP contribution is 2.22. The SMILES string of the molecule is CC.CC.Cc1csc(C(C)C)c1.Cc1ncc(C(C)C)s1. The Morgan fingerprint density at radius 1 is 0.864 bits per heavy atom. The van der Waals surface area contributed by atoms with Crippen LogP contribution in [-0.2, 0) is 0 Å². The van der Waals surface area contributed by atoms with Crippen LogP contribution in [0.1, 0.15) is 87.6 Å². The molecule has 0 aliphatic heterocycles. The first-order valence-corrected chi connectivity index (χ1v) is 10.1. The summed E-state index contributed by atoms with van der Waals surface area (Å²) in [5.74, 6) is 1.33. The van der Waals surface area contributed by atoms with Gasteiger partial charge in [-0.2, -0.15) is 0 Å². The Hall–Kier alpha value is -0.670. The topological polar surface area (TPSA) is 12.9 Å². The molecule has 2 rings (SSSR count). The molecule has 0 aromatic carbocycles. The van der Waals surface area contributed by atoms with E-state index in [1.807, 2.05) is 52.2 Å². The van der Waals surface area contributed by atoms with E-state index in [-0.39, 0.29) is 0 Å². The number of hydrogen-bond donors (Lipinski definition) is 0. The summed E-state index contributed by atoms with van der Waals surface area (Å²) in [5.41, 5.74) is 1.39. The van der Waals surface area contributed by atoms with Crippen LogP contribution in [0.4, 0.5) is 0 Å². The van der Waals surface area contributed by atoms with E-state index in [4.69, 9.17) is 0 Å². The fourth-order valence-corrected chi connectivity index (χ4v) is 3.10. The van der Waals surface area contributed by atoms with Gasteiger partial charge in [-0.3, -0.25) is 0 Å². The van der Waals surface area contributed by atoms with Crippen molar-refractivity contribution in [1.29, 1.82) is 0 Å². The van der Waals surface area contributed by atoms with Gasteiger partial charge < -0.3 is 0 Å². The molecule has 0 bridgehead atoms. The smallest absolute Gasteiger partial charge is 0.0896 e. The number of aryl methyl sites for hydroxylation is 2. The van der Waals surface area contributed by atoms with Crippen LogP contribution in [-0.4, -0.2) is 4.98 Å². The number of thiazole rings is 1. The minimum atomic E-state index is 0.635. The molecule has 2 aromatic rings. The summed E-state index contributed by atoms with van der Waals surface area (Å²) in [6.45, 7) is 21.0. The highest BCUT2D eigenvalue weighted by molar-refractivity contribution is 7.11. The van der Waals surface area contributed by atoms with E-state index in [1.54, 1.807) is 11.3 Å². The second kappa shape index (κ2) is 14.0. The Labute approximate surface area is 146 Å². The number of nitrogens with zero attached hydrogens (tertiary/aromatic N) is 1. The average Bonchev–Trinajstić information content (AvgIpc) is 3.13. The quantitative estimate of drug-likeness (QED) is 0.542. The highest BCUT2D eigenvalue weighted by atomic mass is 32.1. The van der Waals surface area contributed by atoms with Gasteiger partial charge in [0.15, 0.2) is 0 Å². The lowest BCUT2D eigenvalue weighted by atomic mass is 10.2. The van der Waals surface area contributed by atoms with Crippen LogP contribution in [0, 0.1) is 13.8 Å². The molecule has 128 valence electrons. The Balaban J connectivity index is 0. The molecule has 0 N–H and O–H groups in total. The van der Waals surface area contributed by atoms with Gasteiger partial charge in [-0.15, -0.1) is 22.7 Å². The van der Waals surface area contributed by atoms with Crippen molar-refractivity contribution in [1.82, 2.24) is 4.98 Å². The van der Waals surface area contributed by atoms with E-state index >= 15 is 0 Å². The molecule has 2 heterocycles. The fraction of sp³-hybridized carbons (Fsp3) is 0.632. The molecule has 0 amide bonds. The van der Waals surface area contributed by atoms with Gasteiger partial charge in [0.25, 0.3) is 0 Å². The van der Waals surface area contributed by atoms with Crippen molar-refractivity contribution in [3.63, 3.8) is 0 Å². The predicted molar refractivity (Wildman–Crippen MR) is 107 cm³/mol. The van der Waals surface area contributed by atoms with Gasteiger partial charge >= 0.3 is 0 Å². The maximum atomic E-state index is 4.16. The maximum absolute atomic E-state index is 4.16. The van der Waals surface area contributed by atoms with Crippen molar-refractivity contribution in [3.8, 4) is 0 Å². The van der Waals surface area contributed by atoms with Crippen LogP contribution < -0.4 is 0 Å². The minimum absolute atomic E-state index is 0.635. The van der Waals surface area contributed by atoms with E-state index < -0.39 is 0 Å². The third-order valence-corrected chi connectivity index (χ3v) is 5.09. The zero-order valence-corrected chi connectivity index (χ0v) is 17.8. The summed E-state index contributed by atoms with van der Waals surface area (Å²) in [6, 6.07) is 2.26. The Bertz CT molecular complexity index is 423. The molecular formula is C19H35NS2. The Morgan fingerprint density at radius 3 is 1.55 bits per heavy atom. The van der Waals surface area contributed by atoms with Crippen LogP contribution >= 0.6 is 22.7 Å². The van der Waals surface area contributed by atoms with E-state index in [0.717, 1.165) is 0 Å². The van der Waals surface area contributed by atoms with Crippen molar-refractivity contribution in [3.05, 3.63) is 38.0 Å². The summed E-state index contributed by atoms with van der Waals surface area (Å²) in [7, 11) is 0. The zero-order valence-electron chi connectivity index (χ0n) is 16.2. The van der Waals surface area contributed by atoms with Crippen molar-refractivity contribution < 1.29 is 0 Å². The van der Waals surface area contributed by atoms with E-state index in [9.17, 15) is 0 Å². The summed E-state index contributed by atoms with van der Waals surface area (Å²) in [4.78, 5) is 7.03. The van der Waals surface area contributed by atoms with Crippen molar-refractivity contribution >= 4 is 22.7 Å². The zero-order chi connectivity index (χ0) is 17.7. The molecule has 0 aliphatic rings. The maximum Gasteiger partial charge on any atom is 0.0896 e. The summed E-state index contributed by atoms with van der Waals surface area (Å²) < 4.78 is 0. The summed E-state index contributed by atoms with van der Waals surface area (Å²) in [5, 5.41) is 3.37. The molecule has 1 nitrogen and oxygen atoms in total. The third kappa shape index (κ3) is 10.1. The van der Waals surface area contributed by atoms with Crippen LogP contribution in [0.15, 0.2) is 17.6 Å². The molecule has 0 atom stereocenters. The molecule has 3 heteroatoms. The van der Waals surface area contributed by atoms with E-state index in [1.165, 1.54) is 20.3 Å². The first kappa shape index (κ1) is 23.6. The number of rotatable bonds is 2. The highest BCUT2D eigenvalue weighted by Gasteiger charge is 2.00. The van der Waals surface area contributed by atoms with Crippen LogP contribution in [0.2, 0.25) is 0 Å².